The molecule has 0 aliphatic rings. The highest BCUT2D eigenvalue weighted by molar-refractivity contribution is 7.27. The van der Waals surface area contributed by atoms with Crippen LogP contribution >= 0.6 is 9.24 Å². The molecule has 0 saturated carbocycles. The fourth-order valence-electron chi connectivity index (χ4n) is 1.55. The van der Waals surface area contributed by atoms with Crippen LogP contribution in [-0.4, -0.2) is 9.78 Å². The minimum absolute atomic E-state index is 0.925. The van der Waals surface area contributed by atoms with Gasteiger partial charge < -0.3 is 0 Å². The van der Waals surface area contributed by atoms with E-state index in [-0.39, 0.29) is 0 Å². The lowest BCUT2D eigenvalue weighted by Gasteiger charge is -1.98. The molecular weight excluding hydrogens is 179 g/mol. The van der Waals surface area contributed by atoms with Gasteiger partial charge >= 0.3 is 0 Å². The Balaban J connectivity index is 2.81. The van der Waals surface area contributed by atoms with Crippen molar-refractivity contribution in [3.8, 4) is 0 Å². The van der Waals surface area contributed by atoms with E-state index in [1.165, 1.54) is 16.5 Å². The van der Waals surface area contributed by atoms with Gasteiger partial charge in [0, 0.05) is 11.9 Å². The van der Waals surface area contributed by atoms with E-state index in [1.807, 2.05) is 4.68 Å². The van der Waals surface area contributed by atoms with E-state index in [2.05, 4.69) is 46.4 Å². The molecule has 0 radical (unpaired) electrons. The number of fused-ring (bicyclic) bond motifs is 1. The SMILES string of the molecule is CCn1nc(P)c2ccc(C)cc21. The van der Waals surface area contributed by atoms with Gasteiger partial charge in [0.1, 0.15) is 0 Å². The zero-order valence-corrected chi connectivity index (χ0v) is 9.07. The van der Waals surface area contributed by atoms with Crippen LogP contribution in [0.3, 0.4) is 0 Å². The second-order valence-corrected chi connectivity index (χ2v) is 3.77. The van der Waals surface area contributed by atoms with Crippen molar-refractivity contribution in [3.63, 3.8) is 0 Å². The van der Waals surface area contributed by atoms with E-state index in [9.17, 15) is 0 Å². The van der Waals surface area contributed by atoms with Crippen LogP contribution in [0, 0.1) is 6.92 Å². The molecule has 0 spiro atoms. The number of aromatic nitrogens is 2. The quantitative estimate of drug-likeness (QED) is 0.630. The second-order valence-electron chi connectivity index (χ2n) is 3.22. The molecule has 13 heavy (non-hydrogen) atoms. The number of benzene rings is 1. The first-order valence-corrected chi connectivity index (χ1v) is 5.02. The van der Waals surface area contributed by atoms with Gasteiger partial charge in [-0.25, -0.2) is 0 Å². The summed E-state index contributed by atoms with van der Waals surface area (Å²) in [5, 5.41) is 5.66. The lowest BCUT2D eigenvalue weighted by molar-refractivity contribution is 0.690. The highest BCUT2D eigenvalue weighted by Gasteiger charge is 2.04. The highest BCUT2D eigenvalue weighted by atomic mass is 31.0. The van der Waals surface area contributed by atoms with E-state index >= 15 is 0 Å². The molecule has 1 atom stereocenters. The Hall–Kier alpha value is -0.880. The Kier molecular flexibility index (Phi) is 2.09. The van der Waals surface area contributed by atoms with E-state index in [1.54, 1.807) is 0 Å². The fraction of sp³-hybridized carbons (Fsp3) is 0.300. The average Bonchev–Trinajstić information content (AvgIpc) is 2.42. The standard InChI is InChI=1S/C10H13N2P/c1-3-12-9-6-7(2)4-5-8(9)10(13)11-12/h4-6H,3,13H2,1-2H3. The van der Waals surface area contributed by atoms with Gasteiger partial charge in [-0.2, -0.15) is 5.10 Å². The molecule has 2 aromatic rings. The lowest BCUT2D eigenvalue weighted by Crippen LogP contribution is -1.99. The molecule has 3 heteroatoms. The maximum atomic E-state index is 4.43. The predicted octanol–water partition coefficient (Wildman–Crippen LogP) is 1.87. The van der Waals surface area contributed by atoms with E-state index in [0.29, 0.717) is 0 Å². The Morgan fingerprint density at radius 1 is 1.46 bits per heavy atom. The smallest absolute Gasteiger partial charge is 0.0867 e. The first-order valence-electron chi connectivity index (χ1n) is 4.45. The van der Waals surface area contributed by atoms with Crippen LogP contribution in [0.15, 0.2) is 18.2 Å². The fourth-order valence-corrected chi connectivity index (χ4v) is 1.93. The average molecular weight is 192 g/mol. The summed E-state index contributed by atoms with van der Waals surface area (Å²) in [7, 11) is 2.68. The number of aryl methyl sites for hydroxylation is 2. The minimum Gasteiger partial charge on any atom is -0.265 e. The van der Waals surface area contributed by atoms with E-state index in [0.717, 1.165) is 12.0 Å². The molecule has 1 heterocycles. The van der Waals surface area contributed by atoms with E-state index < -0.39 is 0 Å². The largest absolute Gasteiger partial charge is 0.265 e. The monoisotopic (exact) mass is 192 g/mol. The predicted molar refractivity (Wildman–Crippen MR) is 59.5 cm³/mol. The normalized spacial score (nSPS) is 11.0. The molecule has 0 N–H and O–H groups in total. The maximum Gasteiger partial charge on any atom is 0.0867 e. The van der Waals surface area contributed by atoms with Crippen LogP contribution in [0.1, 0.15) is 12.5 Å². The van der Waals surface area contributed by atoms with Gasteiger partial charge in [-0.1, -0.05) is 21.4 Å². The molecule has 2 rings (SSSR count). The molecule has 0 aliphatic heterocycles. The summed E-state index contributed by atoms with van der Waals surface area (Å²) in [5.74, 6) is 0. The molecule has 0 amide bonds. The summed E-state index contributed by atoms with van der Waals surface area (Å²) >= 11 is 0. The molecular formula is C10H13N2P. The van der Waals surface area contributed by atoms with Crippen molar-refractivity contribution in [3.05, 3.63) is 23.8 Å². The van der Waals surface area contributed by atoms with Gasteiger partial charge in [-0.15, -0.1) is 0 Å². The third kappa shape index (κ3) is 1.36. The van der Waals surface area contributed by atoms with Crippen molar-refractivity contribution >= 4 is 25.6 Å². The number of rotatable bonds is 1. The first-order chi connectivity index (χ1) is 6.22. The Bertz CT molecular complexity index is 445. The van der Waals surface area contributed by atoms with Crippen LogP contribution in [0.25, 0.3) is 10.9 Å². The lowest BCUT2D eigenvalue weighted by atomic mass is 10.2. The number of hydrogen-bond donors (Lipinski definition) is 0. The summed E-state index contributed by atoms with van der Waals surface area (Å²) < 4.78 is 2.03. The van der Waals surface area contributed by atoms with Crippen molar-refractivity contribution in [2.24, 2.45) is 0 Å². The van der Waals surface area contributed by atoms with Crippen LogP contribution in [0.5, 0.6) is 0 Å². The summed E-state index contributed by atoms with van der Waals surface area (Å²) in [6, 6.07) is 6.43. The summed E-state index contributed by atoms with van der Waals surface area (Å²) in [4.78, 5) is 0. The van der Waals surface area contributed by atoms with E-state index in [4.69, 9.17) is 0 Å². The molecule has 0 bridgehead atoms. The van der Waals surface area contributed by atoms with Gasteiger partial charge in [0.05, 0.1) is 11.0 Å². The molecule has 1 unspecified atom stereocenters. The Labute approximate surface area is 80.1 Å². The van der Waals surface area contributed by atoms with Crippen molar-refractivity contribution < 1.29 is 0 Å². The van der Waals surface area contributed by atoms with Gasteiger partial charge in [0.15, 0.2) is 0 Å². The maximum absolute atomic E-state index is 4.43. The van der Waals surface area contributed by atoms with Crippen molar-refractivity contribution in [1.29, 1.82) is 0 Å². The molecule has 0 saturated heterocycles. The molecule has 0 fully saturated rings. The second kappa shape index (κ2) is 3.12. The Morgan fingerprint density at radius 2 is 2.23 bits per heavy atom. The summed E-state index contributed by atoms with van der Waals surface area (Å²) in [5.41, 5.74) is 3.55. The van der Waals surface area contributed by atoms with Gasteiger partial charge in [-0.05, 0) is 25.5 Å². The zero-order chi connectivity index (χ0) is 9.42. The Morgan fingerprint density at radius 3 is 2.92 bits per heavy atom. The number of nitrogens with zero attached hydrogens (tertiary/aromatic N) is 2. The van der Waals surface area contributed by atoms with Gasteiger partial charge in [0.25, 0.3) is 0 Å². The highest BCUT2D eigenvalue weighted by Crippen LogP contribution is 2.15. The molecule has 0 aliphatic carbocycles. The topological polar surface area (TPSA) is 17.8 Å². The summed E-state index contributed by atoms with van der Waals surface area (Å²) in [6.07, 6.45) is 0. The first kappa shape index (κ1) is 8.71. The van der Waals surface area contributed by atoms with Crippen LogP contribution in [0.4, 0.5) is 0 Å². The van der Waals surface area contributed by atoms with Crippen LogP contribution in [0.2, 0.25) is 0 Å². The molecule has 1 aromatic carbocycles. The summed E-state index contributed by atoms with van der Waals surface area (Å²) in [6.45, 7) is 5.14. The van der Waals surface area contributed by atoms with Crippen molar-refractivity contribution in [2.75, 3.05) is 0 Å². The molecule has 68 valence electrons. The van der Waals surface area contributed by atoms with Gasteiger partial charge in [0.2, 0.25) is 0 Å². The molecule has 2 nitrogen and oxygen atoms in total. The van der Waals surface area contributed by atoms with Crippen molar-refractivity contribution in [1.82, 2.24) is 9.78 Å². The zero-order valence-electron chi connectivity index (χ0n) is 7.91. The van der Waals surface area contributed by atoms with Crippen LogP contribution < -0.4 is 5.44 Å². The van der Waals surface area contributed by atoms with Crippen LogP contribution in [-0.2, 0) is 6.54 Å². The third-order valence-corrected chi connectivity index (χ3v) is 2.66. The number of hydrogen-bond acceptors (Lipinski definition) is 1. The minimum atomic E-state index is 0.925. The third-order valence-electron chi connectivity index (χ3n) is 2.24. The molecule has 1 aromatic heterocycles. The van der Waals surface area contributed by atoms with Crippen molar-refractivity contribution in [2.45, 2.75) is 20.4 Å². The van der Waals surface area contributed by atoms with Gasteiger partial charge in [-0.3, -0.25) is 4.68 Å².